The van der Waals surface area contributed by atoms with Gasteiger partial charge in [-0.15, -0.1) is 0 Å². The fraction of sp³-hybridized carbons (Fsp3) is 0.500. The summed E-state index contributed by atoms with van der Waals surface area (Å²) in [5.41, 5.74) is 3.86. The molecular weight excluding hydrogens is 214 g/mol. The average Bonchev–Trinajstić information content (AvgIpc) is 2.68. The maximum Gasteiger partial charge on any atom is 0.303 e. The molecule has 0 saturated carbocycles. The molecule has 92 valence electrons. The topological polar surface area (TPSA) is 49.3 Å². The summed E-state index contributed by atoms with van der Waals surface area (Å²) >= 11 is 0. The lowest BCUT2D eigenvalue weighted by molar-refractivity contribution is -0.137. The van der Waals surface area contributed by atoms with Gasteiger partial charge in [-0.05, 0) is 23.5 Å². The number of rotatable bonds is 4. The van der Waals surface area contributed by atoms with Crippen molar-refractivity contribution in [3.63, 3.8) is 0 Å². The van der Waals surface area contributed by atoms with Crippen LogP contribution in [-0.4, -0.2) is 17.6 Å². The highest BCUT2D eigenvalue weighted by molar-refractivity contribution is 5.68. The van der Waals surface area contributed by atoms with Crippen LogP contribution < -0.4 is 5.32 Å². The van der Waals surface area contributed by atoms with Gasteiger partial charge in [-0.2, -0.15) is 0 Å². The molecule has 1 atom stereocenters. The molecule has 3 nitrogen and oxygen atoms in total. The highest BCUT2D eigenvalue weighted by atomic mass is 16.4. The number of hydrogen-bond donors (Lipinski definition) is 2. The zero-order valence-electron chi connectivity index (χ0n) is 10.4. The molecule has 0 aliphatic carbocycles. The van der Waals surface area contributed by atoms with Crippen LogP contribution in [-0.2, 0) is 4.79 Å². The molecular formula is C14H19NO2. The minimum Gasteiger partial charge on any atom is -0.481 e. The maximum absolute atomic E-state index is 10.6. The Morgan fingerprint density at radius 3 is 2.94 bits per heavy atom. The molecule has 1 aromatic rings. The van der Waals surface area contributed by atoms with Gasteiger partial charge in [-0.3, -0.25) is 4.79 Å². The number of benzene rings is 1. The molecule has 0 aromatic heterocycles. The molecule has 3 heteroatoms. The number of anilines is 1. The lowest BCUT2D eigenvalue weighted by Gasteiger charge is -2.12. The molecule has 17 heavy (non-hydrogen) atoms. The second-order valence-corrected chi connectivity index (χ2v) is 4.98. The third kappa shape index (κ3) is 2.43. The van der Waals surface area contributed by atoms with Gasteiger partial charge in [0.25, 0.3) is 0 Å². The van der Waals surface area contributed by atoms with Gasteiger partial charge in [-0.1, -0.05) is 32.0 Å². The quantitative estimate of drug-likeness (QED) is 0.839. The first kappa shape index (κ1) is 12.0. The van der Waals surface area contributed by atoms with Crippen molar-refractivity contribution < 1.29 is 9.90 Å². The van der Waals surface area contributed by atoms with E-state index in [2.05, 4.69) is 37.4 Å². The van der Waals surface area contributed by atoms with Crippen LogP contribution in [0.5, 0.6) is 0 Å². The SMILES string of the molecule is CC(C)c1cccc2c1NCC2CCC(=O)O. The molecule has 0 spiro atoms. The van der Waals surface area contributed by atoms with Gasteiger partial charge >= 0.3 is 5.97 Å². The second kappa shape index (κ2) is 4.78. The summed E-state index contributed by atoms with van der Waals surface area (Å²) in [5, 5.41) is 12.2. The normalized spacial score (nSPS) is 17.9. The van der Waals surface area contributed by atoms with Crippen LogP contribution in [0, 0.1) is 0 Å². The fourth-order valence-electron chi connectivity index (χ4n) is 2.50. The maximum atomic E-state index is 10.6. The van der Waals surface area contributed by atoms with Gasteiger partial charge in [-0.25, -0.2) is 0 Å². The third-order valence-corrected chi connectivity index (χ3v) is 3.42. The summed E-state index contributed by atoms with van der Waals surface area (Å²) in [4.78, 5) is 10.6. The monoisotopic (exact) mass is 233 g/mol. The van der Waals surface area contributed by atoms with Crippen LogP contribution in [0.15, 0.2) is 18.2 Å². The Hall–Kier alpha value is -1.51. The third-order valence-electron chi connectivity index (χ3n) is 3.42. The van der Waals surface area contributed by atoms with Crippen molar-refractivity contribution in [1.82, 2.24) is 0 Å². The van der Waals surface area contributed by atoms with Crippen molar-refractivity contribution in [1.29, 1.82) is 0 Å². The zero-order valence-corrected chi connectivity index (χ0v) is 10.4. The van der Waals surface area contributed by atoms with Crippen LogP contribution in [0.25, 0.3) is 0 Å². The summed E-state index contributed by atoms with van der Waals surface area (Å²) in [6.07, 6.45) is 0.967. The van der Waals surface area contributed by atoms with Crippen LogP contribution in [0.1, 0.15) is 49.7 Å². The van der Waals surface area contributed by atoms with Crippen LogP contribution in [0.3, 0.4) is 0 Å². The molecule has 2 N–H and O–H groups in total. The van der Waals surface area contributed by atoms with Crippen molar-refractivity contribution in [2.45, 2.75) is 38.5 Å². The van der Waals surface area contributed by atoms with E-state index in [-0.39, 0.29) is 6.42 Å². The van der Waals surface area contributed by atoms with Crippen LogP contribution in [0.4, 0.5) is 5.69 Å². The van der Waals surface area contributed by atoms with E-state index in [4.69, 9.17) is 5.11 Å². The number of aliphatic carboxylic acids is 1. The fourth-order valence-corrected chi connectivity index (χ4v) is 2.50. The Morgan fingerprint density at radius 1 is 1.53 bits per heavy atom. The minimum atomic E-state index is -0.710. The number of carbonyl (C=O) groups is 1. The van der Waals surface area contributed by atoms with Gasteiger partial charge in [0.15, 0.2) is 0 Å². The largest absolute Gasteiger partial charge is 0.481 e. The zero-order chi connectivity index (χ0) is 12.4. The van der Waals surface area contributed by atoms with E-state index in [1.54, 1.807) is 0 Å². The highest BCUT2D eigenvalue weighted by Gasteiger charge is 2.25. The first-order chi connectivity index (χ1) is 8.09. The van der Waals surface area contributed by atoms with Gasteiger partial charge in [0.1, 0.15) is 0 Å². The Labute approximate surface area is 102 Å². The molecule has 0 radical (unpaired) electrons. The summed E-state index contributed by atoms with van der Waals surface area (Å²) in [5.74, 6) is 0.133. The number of nitrogens with one attached hydrogen (secondary N) is 1. The first-order valence-electron chi connectivity index (χ1n) is 6.18. The summed E-state index contributed by atoms with van der Waals surface area (Å²) in [7, 11) is 0. The van der Waals surface area contributed by atoms with Gasteiger partial charge in [0.2, 0.25) is 0 Å². The van der Waals surface area contributed by atoms with Crippen LogP contribution >= 0.6 is 0 Å². The number of para-hydroxylation sites is 1. The van der Waals surface area contributed by atoms with E-state index >= 15 is 0 Å². The predicted octanol–water partition coefficient (Wildman–Crippen LogP) is 3.18. The molecule has 0 fully saturated rings. The van der Waals surface area contributed by atoms with Crippen LogP contribution in [0.2, 0.25) is 0 Å². The number of fused-ring (bicyclic) bond motifs is 1. The smallest absolute Gasteiger partial charge is 0.303 e. The average molecular weight is 233 g/mol. The molecule has 1 aliphatic heterocycles. The van der Waals surface area contributed by atoms with Crippen molar-refractivity contribution in [3.8, 4) is 0 Å². The Balaban J connectivity index is 2.21. The van der Waals surface area contributed by atoms with Crippen molar-refractivity contribution in [2.75, 3.05) is 11.9 Å². The van der Waals surface area contributed by atoms with E-state index in [0.29, 0.717) is 11.8 Å². The van der Waals surface area contributed by atoms with Gasteiger partial charge < -0.3 is 10.4 Å². The number of carboxylic acid groups (broad SMARTS) is 1. The molecule has 0 amide bonds. The molecule has 0 saturated heterocycles. The summed E-state index contributed by atoms with van der Waals surface area (Å²) < 4.78 is 0. The summed E-state index contributed by atoms with van der Waals surface area (Å²) in [6.45, 7) is 5.23. The van der Waals surface area contributed by atoms with Gasteiger partial charge in [0.05, 0.1) is 0 Å². The van der Waals surface area contributed by atoms with E-state index in [1.165, 1.54) is 16.8 Å². The molecule has 1 heterocycles. The lowest BCUT2D eigenvalue weighted by atomic mass is 9.92. The standard InChI is InChI=1S/C14H19NO2/c1-9(2)11-4-3-5-12-10(6-7-13(16)17)8-15-14(11)12/h3-5,9-10,15H,6-8H2,1-2H3,(H,16,17). The van der Waals surface area contributed by atoms with Gasteiger partial charge in [0, 0.05) is 24.6 Å². The Bertz CT molecular complexity index is 426. The molecule has 1 aromatic carbocycles. The first-order valence-corrected chi connectivity index (χ1v) is 6.18. The van der Waals surface area contributed by atoms with Crippen molar-refractivity contribution in [2.24, 2.45) is 0 Å². The Kier molecular flexibility index (Phi) is 3.36. The Morgan fingerprint density at radius 2 is 2.29 bits per heavy atom. The van der Waals surface area contributed by atoms with Crippen molar-refractivity contribution in [3.05, 3.63) is 29.3 Å². The van der Waals surface area contributed by atoms with E-state index < -0.39 is 5.97 Å². The highest BCUT2D eigenvalue weighted by Crippen LogP contribution is 2.39. The molecule has 1 aliphatic rings. The number of carboxylic acids is 1. The van der Waals surface area contributed by atoms with Crippen molar-refractivity contribution >= 4 is 11.7 Å². The van der Waals surface area contributed by atoms with E-state index in [9.17, 15) is 4.79 Å². The van der Waals surface area contributed by atoms with E-state index in [0.717, 1.165) is 13.0 Å². The lowest BCUT2D eigenvalue weighted by Crippen LogP contribution is -2.05. The predicted molar refractivity (Wildman–Crippen MR) is 68.6 cm³/mol. The summed E-state index contributed by atoms with van der Waals surface area (Å²) in [6, 6.07) is 6.35. The molecule has 2 rings (SSSR count). The molecule has 1 unspecified atom stereocenters. The second-order valence-electron chi connectivity index (χ2n) is 4.98. The molecule has 0 bridgehead atoms. The minimum absolute atomic E-state index is 0.248. The number of hydrogen-bond acceptors (Lipinski definition) is 2. The van der Waals surface area contributed by atoms with E-state index in [1.807, 2.05) is 0 Å².